The maximum absolute atomic E-state index is 13.8. The molecule has 0 aromatic heterocycles. The van der Waals surface area contributed by atoms with Gasteiger partial charge in [0.25, 0.3) is 5.91 Å². The molecule has 1 aliphatic rings. The molecular weight excluding hydrogens is 595 g/mol. The highest BCUT2D eigenvalue weighted by Crippen LogP contribution is 2.45. The average molecular weight is 613 g/mol. The Labute approximate surface area is 233 Å². The molecule has 2 atom stereocenters. The number of benzene rings is 2. The van der Waals surface area contributed by atoms with Gasteiger partial charge in [-0.2, -0.15) is 31.6 Å². The van der Waals surface area contributed by atoms with Crippen LogP contribution in [0.25, 0.3) is 6.08 Å². The molecule has 0 radical (unpaired) electrons. The van der Waals surface area contributed by atoms with Crippen LogP contribution < -0.4 is 10.6 Å². The summed E-state index contributed by atoms with van der Waals surface area (Å²) in [5.74, 6) is -4.13. The molecule has 0 spiro atoms. The fraction of sp³-hybridized carbons (Fsp3) is 0.320. The van der Waals surface area contributed by atoms with Gasteiger partial charge in [-0.1, -0.05) is 53.0 Å². The van der Waals surface area contributed by atoms with Gasteiger partial charge >= 0.3 is 12.4 Å². The molecule has 208 valence electrons. The Bertz CT molecular complexity index is 1340. The third-order valence-corrected chi connectivity index (χ3v) is 7.08. The minimum absolute atomic E-state index is 0.151. The lowest BCUT2D eigenvalue weighted by Crippen LogP contribution is -2.48. The maximum atomic E-state index is 13.8. The standard InChI is InChI=1S/C25H18Cl3F6N3O2/c1-12(37-22(39)23(11-35)6-7-23)36-21(38)15-4-2-13(8-17(15)25(32,33)34)3-5-16(24(29,30)31)14-9-18(26)20(28)19(27)10-14/h2-5,8-10,12,16H,6-7H2,1H3,(H,36,38)(H,37,39)/b5-3+/t12-,16?/m0/s1. The maximum Gasteiger partial charge on any atom is 0.417 e. The van der Waals surface area contributed by atoms with Crippen LogP contribution in [0, 0.1) is 16.7 Å². The summed E-state index contributed by atoms with van der Waals surface area (Å²) < 4.78 is 82.7. The van der Waals surface area contributed by atoms with Crippen molar-refractivity contribution < 1.29 is 35.9 Å². The number of carbonyl (C=O) groups excluding carboxylic acids is 2. The van der Waals surface area contributed by atoms with E-state index >= 15 is 0 Å². The van der Waals surface area contributed by atoms with E-state index in [0.29, 0.717) is 25.0 Å². The quantitative estimate of drug-likeness (QED) is 0.193. The zero-order valence-corrected chi connectivity index (χ0v) is 22.0. The number of hydrogen-bond donors (Lipinski definition) is 2. The van der Waals surface area contributed by atoms with Crippen molar-refractivity contribution in [1.29, 1.82) is 5.26 Å². The molecular formula is C25H18Cl3F6N3O2. The van der Waals surface area contributed by atoms with E-state index in [2.05, 4.69) is 10.6 Å². The number of alkyl halides is 6. The number of nitrogens with one attached hydrogen (secondary N) is 2. The van der Waals surface area contributed by atoms with Crippen LogP contribution in [-0.4, -0.2) is 24.2 Å². The predicted octanol–water partition coefficient (Wildman–Crippen LogP) is 7.52. The molecule has 5 nitrogen and oxygen atoms in total. The fourth-order valence-corrected chi connectivity index (χ4v) is 4.24. The molecule has 2 aromatic rings. The predicted molar refractivity (Wildman–Crippen MR) is 133 cm³/mol. The Morgan fingerprint density at radius 3 is 2.10 bits per heavy atom. The van der Waals surface area contributed by atoms with Crippen LogP contribution in [0.5, 0.6) is 0 Å². The smallest absolute Gasteiger partial charge is 0.335 e. The second-order valence-corrected chi connectivity index (χ2v) is 10.0. The van der Waals surface area contributed by atoms with Crippen LogP contribution in [0.15, 0.2) is 36.4 Å². The van der Waals surface area contributed by atoms with Crippen LogP contribution in [0.3, 0.4) is 0 Å². The summed E-state index contributed by atoms with van der Waals surface area (Å²) in [5.41, 5.74) is -4.08. The first kappa shape index (κ1) is 30.6. The third kappa shape index (κ3) is 7.18. The summed E-state index contributed by atoms with van der Waals surface area (Å²) in [6.07, 6.45) is -8.89. The largest absolute Gasteiger partial charge is 0.417 e. The monoisotopic (exact) mass is 611 g/mol. The molecule has 0 heterocycles. The zero-order valence-electron chi connectivity index (χ0n) is 19.8. The van der Waals surface area contributed by atoms with Crippen molar-refractivity contribution >= 4 is 52.7 Å². The summed E-state index contributed by atoms with van der Waals surface area (Å²) in [7, 11) is 0. The van der Waals surface area contributed by atoms with E-state index in [1.165, 1.54) is 6.92 Å². The van der Waals surface area contributed by atoms with Crippen molar-refractivity contribution in [1.82, 2.24) is 10.6 Å². The number of halogens is 9. The van der Waals surface area contributed by atoms with Crippen molar-refractivity contribution in [3.63, 3.8) is 0 Å². The zero-order chi connectivity index (χ0) is 29.3. The van der Waals surface area contributed by atoms with Gasteiger partial charge in [0.15, 0.2) is 0 Å². The highest BCUT2D eigenvalue weighted by atomic mass is 35.5. The van der Waals surface area contributed by atoms with Gasteiger partial charge in [0.1, 0.15) is 5.41 Å². The lowest BCUT2D eigenvalue weighted by atomic mass is 9.96. The minimum Gasteiger partial charge on any atom is -0.335 e. The van der Waals surface area contributed by atoms with E-state index in [4.69, 9.17) is 40.1 Å². The lowest BCUT2D eigenvalue weighted by molar-refractivity contribution is -0.139. The topological polar surface area (TPSA) is 82.0 Å². The molecule has 39 heavy (non-hydrogen) atoms. The Balaban J connectivity index is 1.87. The molecule has 0 aliphatic heterocycles. The van der Waals surface area contributed by atoms with Crippen LogP contribution >= 0.6 is 34.8 Å². The van der Waals surface area contributed by atoms with Crippen molar-refractivity contribution in [2.45, 2.75) is 44.2 Å². The van der Waals surface area contributed by atoms with Crippen LogP contribution in [0.1, 0.15) is 52.7 Å². The molecule has 1 saturated carbocycles. The molecule has 14 heteroatoms. The molecule has 2 aromatic carbocycles. The highest BCUT2D eigenvalue weighted by molar-refractivity contribution is 6.48. The fourth-order valence-electron chi connectivity index (χ4n) is 3.63. The number of nitrogens with zero attached hydrogens (tertiary/aromatic N) is 1. The van der Waals surface area contributed by atoms with E-state index in [1.54, 1.807) is 0 Å². The molecule has 2 amide bonds. The number of nitriles is 1. The third-order valence-electron chi connectivity index (χ3n) is 5.89. The molecule has 1 unspecified atom stereocenters. The van der Waals surface area contributed by atoms with E-state index in [1.807, 2.05) is 6.07 Å². The highest BCUT2D eigenvalue weighted by Gasteiger charge is 2.51. The van der Waals surface area contributed by atoms with Crippen molar-refractivity contribution in [2.75, 3.05) is 0 Å². The summed E-state index contributed by atoms with van der Waals surface area (Å²) in [5, 5.41) is 13.0. The van der Waals surface area contributed by atoms with Crippen molar-refractivity contribution in [3.05, 3.63) is 73.7 Å². The Morgan fingerprint density at radius 1 is 1.03 bits per heavy atom. The number of hydrogen-bond acceptors (Lipinski definition) is 3. The molecule has 3 rings (SSSR count). The molecule has 2 N–H and O–H groups in total. The molecule has 1 fully saturated rings. The number of amides is 2. The van der Waals surface area contributed by atoms with E-state index < -0.39 is 52.8 Å². The van der Waals surface area contributed by atoms with Gasteiger partial charge in [-0.3, -0.25) is 9.59 Å². The first-order chi connectivity index (χ1) is 18.0. The van der Waals surface area contributed by atoms with E-state index in [0.717, 1.165) is 30.3 Å². The number of carbonyl (C=O) groups is 2. The van der Waals surface area contributed by atoms with Gasteiger partial charge in [0, 0.05) is 0 Å². The second kappa shape index (κ2) is 11.3. The van der Waals surface area contributed by atoms with Gasteiger partial charge < -0.3 is 10.6 Å². The second-order valence-electron chi connectivity index (χ2n) is 8.84. The summed E-state index contributed by atoms with van der Waals surface area (Å²) in [6.45, 7) is 1.31. The number of rotatable bonds is 7. The van der Waals surface area contributed by atoms with Gasteiger partial charge in [-0.25, -0.2) is 0 Å². The summed E-state index contributed by atoms with van der Waals surface area (Å²) in [6, 6.07) is 6.13. The van der Waals surface area contributed by atoms with Crippen LogP contribution in [0.4, 0.5) is 26.3 Å². The molecule has 0 bridgehead atoms. The summed E-state index contributed by atoms with van der Waals surface area (Å²) >= 11 is 17.5. The van der Waals surface area contributed by atoms with Crippen molar-refractivity contribution in [3.8, 4) is 6.07 Å². The van der Waals surface area contributed by atoms with Crippen LogP contribution in [-0.2, 0) is 11.0 Å². The normalized spacial score (nSPS) is 16.3. The first-order valence-electron chi connectivity index (χ1n) is 11.1. The van der Waals surface area contributed by atoms with Crippen molar-refractivity contribution in [2.24, 2.45) is 5.41 Å². The molecule has 1 aliphatic carbocycles. The average Bonchev–Trinajstić information content (AvgIpc) is 3.62. The number of allylic oxidation sites excluding steroid dienone is 1. The first-order valence-corrected chi connectivity index (χ1v) is 12.3. The van der Waals surface area contributed by atoms with Gasteiger partial charge in [0.2, 0.25) is 5.91 Å². The minimum atomic E-state index is -5.04. The van der Waals surface area contributed by atoms with Gasteiger partial charge in [-0.15, -0.1) is 0 Å². The van der Waals surface area contributed by atoms with Crippen LogP contribution in [0.2, 0.25) is 15.1 Å². The van der Waals surface area contributed by atoms with E-state index in [9.17, 15) is 35.9 Å². The Kier molecular flexibility index (Phi) is 8.85. The van der Waals surface area contributed by atoms with Gasteiger partial charge in [-0.05, 0) is 55.2 Å². The Morgan fingerprint density at radius 2 is 1.62 bits per heavy atom. The van der Waals surface area contributed by atoms with Gasteiger partial charge in [0.05, 0.1) is 44.3 Å². The lowest BCUT2D eigenvalue weighted by Gasteiger charge is -2.20. The Hall–Kier alpha value is -2.94. The van der Waals surface area contributed by atoms with E-state index in [-0.39, 0.29) is 26.2 Å². The summed E-state index contributed by atoms with van der Waals surface area (Å²) in [4.78, 5) is 24.7. The SMILES string of the molecule is C[C@@H](NC(=O)c1ccc(/C=C/C(c2cc(Cl)c(Cl)c(Cl)c2)C(F)(F)F)cc1C(F)(F)F)NC(=O)C1(C#N)CC1. The molecule has 0 saturated heterocycles.